The molecule has 0 amide bonds. The molecule has 0 saturated heterocycles. The molecule has 0 aromatic heterocycles. The van der Waals surface area contributed by atoms with Crippen molar-refractivity contribution in [3.05, 3.63) is 0 Å². The Morgan fingerprint density at radius 3 is 0.980 bits per heavy atom. The van der Waals surface area contributed by atoms with Crippen LogP contribution in [0.3, 0.4) is 0 Å². The average molecular weight is 781 g/mol. The summed E-state index contributed by atoms with van der Waals surface area (Å²) in [6.07, 6.45) is 24.2. The monoisotopic (exact) mass is 780 g/mol. The molecule has 304 valence electrons. The lowest BCUT2D eigenvalue weighted by atomic mass is 10.1. The van der Waals surface area contributed by atoms with Gasteiger partial charge in [0.1, 0.15) is 0 Å². The van der Waals surface area contributed by atoms with E-state index in [9.17, 15) is 48.1 Å². The quantitative estimate of drug-likeness (QED) is 0.0295. The second-order valence-corrected chi connectivity index (χ2v) is 19.7. The molecule has 0 aromatic rings. The summed E-state index contributed by atoms with van der Waals surface area (Å²) >= 11 is 0. The molecule has 0 aliphatic heterocycles. The third-order valence-electron chi connectivity index (χ3n) is 9.12. The lowest BCUT2D eigenvalue weighted by Crippen LogP contribution is -2.48. The van der Waals surface area contributed by atoms with E-state index in [4.69, 9.17) is 0 Å². The number of halogens is 8. The molecule has 1 unspecified atom stereocenters. The fourth-order valence-electron chi connectivity index (χ4n) is 5.96. The standard InChI is InChI=1S/C32H68P.C4H2F8O4S/c1-5-9-13-17-18-19-20-21-22-23-24-28-32-33(29-25-14-10-6-2,30-26-15-11-7-3)31-27-16-12-8-4;5-1(2(6,7)17(13,14)15)16-4(11,12)3(8,9)10/h5-32H2,1-4H3;1H,(H,13,14,15)/q+1;/p-1. The second-order valence-electron chi connectivity index (χ2n) is 13.8. The van der Waals surface area contributed by atoms with Gasteiger partial charge in [0.05, 0.1) is 24.6 Å². The van der Waals surface area contributed by atoms with Crippen molar-refractivity contribution in [3.63, 3.8) is 0 Å². The highest BCUT2D eigenvalue weighted by Gasteiger charge is 2.64. The molecule has 0 rings (SSSR count). The molecule has 0 bridgehead atoms. The Balaban J connectivity index is 0. The molecule has 0 fully saturated rings. The van der Waals surface area contributed by atoms with Crippen LogP contribution < -0.4 is 0 Å². The smallest absolute Gasteiger partial charge is 0.483 e. The van der Waals surface area contributed by atoms with Crippen LogP contribution in [-0.4, -0.2) is 61.5 Å². The van der Waals surface area contributed by atoms with Gasteiger partial charge in [-0.05, 0) is 51.4 Å². The molecular formula is C36H69F8O4PS. The van der Waals surface area contributed by atoms with Crippen molar-refractivity contribution in [3.8, 4) is 0 Å². The normalized spacial score (nSPS) is 13.7. The molecule has 4 nitrogen and oxygen atoms in total. The Hall–Kier alpha value is -0.260. The van der Waals surface area contributed by atoms with E-state index in [1.54, 1.807) is 50.3 Å². The van der Waals surface area contributed by atoms with Gasteiger partial charge in [-0.15, -0.1) is 0 Å². The highest BCUT2D eigenvalue weighted by atomic mass is 32.2. The van der Waals surface area contributed by atoms with Gasteiger partial charge in [-0.2, -0.15) is 30.7 Å². The number of alkyl halides is 8. The molecule has 0 spiro atoms. The van der Waals surface area contributed by atoms with Crippen molar-refractivity contribution in [2.75, 3.05) is 24.6 Å². The maximum Gasteiger partial charge on any atom is 0.483 e. The first-order chi connectivity index (χ1) is 23.4. The minimum Gasteiger partial charge on any atom is -0.743 e. The van der Waals surface area contributed by atoms with Gasteiger partial charge in [0, 0.05) is 7.26 Å². The van der Waals surface area contributed by atoms with Gasteiger partial charge in [-0.3, -0.25) is 4.74 Å². The Morgan fingerprint density at radius 1 is 0.500 bits per heavy atom. The molecule has 50 heavy (non-hydrogen) atoms. The summed E-state index contributed by atoms with van der Waals surface area (Å²) < 4.78 is 125. The van der Waals surface area contributed by atoms with Crippen LogP contribution in [0.25, 0.3) is 0 Å². The summed E-state index contributed by atoms with van der Waals surface area (Å²) in [4.78, 5) is 0. The van der Waals surface area contributed by atoms with Crippen LogP contribution in [0.4, 0.5) is 35.1 Å². The molecule has 0 saturated carbocycles. The van der Waals surface area contributed by atoms with Crippen LogP contribution in [0.5, 0.6) is 0 Å². The fourth-order valence-corrected chi connectivity index (χ4v) is 11.2. The van der Waals surface area contributed by atoms with Crippen LogP contribution in [-0.2, 0) is 14.9 Å². The van der Waals surface area contributed by atoms with E-state index in [1.165, 1.54) is 128 Å². The minimum atomic E-state index is -6.80. The van der Waals surface area contributed by atoms with E-state index in [0.717, 1.165) is 0 Å². The van der Waals surface area contributed by atoms with Crippen LogP contribution in [0.2, 0.25) is 0 Å². The Bertz CT molecular complexity index is 861. The van der Waals surface area contributed by atoms with Crippen LogP contribution >= 0.6 is 7.26 Å². The predicted molar refractivity (Wildman–Crippen MR) is 192 cm³/mol. The van der Waals surface area contributed by atoms with Crippen LogP contribution in [0.1, 0.15) is 182 Å². The summed E-state index contributed by atoms with van der Waals surface area (Å²) in [5, 5.41) is -6.08. The van der Waals surface area contributed by atoms with Gasteiger partial charge in [-0.1, -0.05) is 130 Å². The van der Waals surface area contributed by atoms with E-state index >= 15 is 0 Å². The fraction of sp³-hybridized carbons (Fsp3) is 1.00. The summed E-state index contributed by atoms with van der Waals surface area (Å²) in [5.41, 5.74) is 0. The minimum absolute atomic E-state index is 0.697. The van der Waals surface area contributed by atoms with Crippen molar-refractivity contribution < 1.29 is 52.8 Å². The number of unbranched alkanes of at least 4 members (excludes halogenated alkanes) is 20. The van der Waals surface area contributed by atoms with E-state index in [-0.39, 0.29) is 0 Å². The third-order valence-corrected chi connectivity index (χ3v) is 15.0. The number of ether oxygens (including phenoxy) is 1. The average Bonchev–Trinajstić information content (AvgIpc) is 3.03. The highest BCUT2D eigenvalue weighted by molar-refractivity contribution is 7.86. The molecule has 1 atom stereocenters. The summed E-state index contributed by atoms with van der Waals surface area (Å²) in [6, 6.07) is 0. The molecule has 0 aromatic carbocycles. The zero-order chi connectivity index (χ0) is 38.6. The lowest BCUT2D eigenvalue weighted by Gasteiger charge is -2.28. The van der Waals surface area contributed by atoms with Crippen LogP contribution in [0.15, 0.2) is 0 Å². The third kappa shape index (κ3) is 24.9. The second kappa shape index (κ2) is 29.1. The van der Waals surface area contributed by atoms with E-state index in [0.29, 0.717) is 0 Å². The van der Waals surface area contributed by atoms with Gasteiger partial charge >= 0.3 is 17.5 Å². The van der Waals surface area contributed by atoms with E-state index in [2.05, 4.69) is 27.7 Å². The molecule has 0 radical (unpaired) electrons. The molecule has 0 aliphatic rings. The van der Waals surface area contributed by atoms with Crippen LogP contribution in [0, 0.1) is 0 Å². The zero-order valence-corrected chi connectivity index (χ0v) is 33.1. The predicted octanol–water partition coefficient (Wildman–Crippen LogP) is 14.0. The topological polar surface area (TPSA) is 66.4 Å². The first kappa shape index (κ1) is 51.8. The first-order valence-corrected chi connectivity index (χ1v) is 23.3. The van der Waals surface area contributed by atoms with E-state index < -0.39 is 41.3 Å². The van der Waals surface area contributed by atoms with Crippen molar-refractivity contribution in [2.24, 2.45) is 0 Å². The van der Waals surface area contributed by atoms with Gasteiger partial charge in [-0.25, -0.2) is 12.8 Å². The molecule has 0 aliphatic carbocycles. The summed E-state index contributed by atoms with van der Waals surface area (Å²) in [5.74, 6) is 0. The number of hydrogen-bond donors (Lipinski definition) is 0. The van der Waals surface area contributed by atoms with Crippen molar-refractivity contribution in [2.45, 2.75) is 206 Å². The number of rotatable bonds is 32. The Morgan fingerprint density at radius 2 is 0.740 bits per heavy atom. The Labute approximate surface area is 300 Å². The van der Waals surface area contributed by atoms with E-state index in [1.807, 2.05) is 4.74 Å². The van der Waals surface area contributed by atoms with Gasteiger partial charge < -0.3 is 4.55 Å². The van der Waals surface area contributed by atoms with Gasteiger partial charge in [0.15, 0.2) is 10.1 Å². The molecule has 0 heterocycles. The summed E-state index contributed by atoms with van der Waals surface area (Å²) in [6.45, 7) is 9.41. The maximum atomic E-state index is 12.2. The Kier molecular flexibility index (Phi) is 30.2. The molecule has 0 N–H and O–H groups in total. The molecular weight excluding hydrogens is 711 g/mol. The van der Waals surface area contributed by atoms with Crippen molar-refractivity contribution in [1.82, 2.24) is 0 Å². The lowest BCUT2D eigenvalue weighted by molar-refractivity contribution is -0.423. The van der Waals surface area contributed by atoms with Crippen molar-refractivity contribution >= 4 is 17.4 Å². The largest absolute Gasteiger partial charge is 0.743 e. The van der Waals surface area contributed by atoms with Gasteiger partial charge in [0.25, 0.3) is 6.36 Å². The molecule has 14 heteroatoms. The zero-order valence-electron chi connectivity index (χ0n) is 31.4. The summed E-state index contributed by atoms with van der Waals surface area (Å²) in [7, 11) is -7.50. The number of hydrogen-bond acceptors (Lipinski definition) is 4. The maximum absolute atomic E-state index is 12.2. The SMILES string of the molecule is CCCCCCCCCCCCCC[P+](CCCCCC)(CCCCCC)CCCCCC.O=S(=O)([O-])C(F)(F)C(F)OC(F)(F)C(F)(F)F. The van der Waals surface area contributed by atoms with Crippen molar-refractivity contribution in [1.29, 1.82) is 0 Å². The first-order valence-electron chi connectivity index (χ1n) is 19.3. The van der Waals surface area contributed by atoms with Gasteiger partial charge in [0.2, 0.25) is 0 Å². The highest BCUT2D eigenvalue weighted by Crippen LogP contribution is 2.61.